The van der Waals surface area contributed by atoms with E-state index in [-0.39, 0.29) is 22.6 Å². The number of benzene rings is 1. The Balaban J connectivity index is 2.46. The normalized spacial score (nSPS) is 13.4. The molecule has 2 N–H and O–H groups in total. The van der Waals surface area contributed by atoms with E-state index >= 15 is 0 Å². The van der Waals surface area contributed by atoms with E-state index in [0.717, 1.165) is 4.68 Å². The van der Waals surface area contributed by atoms with Crippen LogP contribution >= 0.6 is 0 Å². The molecule has 1 unspecified atom stereocenters. The topological polar surface area (TPSA) is 69.6 Å². The molecule has 21 heavy (non-hydrogen) atoms. The van der Waals surface area contributed by atoms with Crippen molar-refractivity contribution in [2.45, 2.75) is 32.5 Å². The van der Waals surface area contributed by atoms with Gasteiger partial charge in [0.25, 0.3) is 0 Å². The van der Waals surface area contributed by atoms with Gasteiger partial charge in [0.05, 0.1) is 18.0 Å². The van der Waals surface area contributed by atoms with Crippen molar-refractivity contribution < 1.29 is 17.6 Å². The zero-order valence-corrected chi connectivity index (χ0v) is 11.3. The number of rotatable bonds is 3. The van der Waals surface area contributed by atoms with E-state index in [1.807, 2.05) is 0 Å². The van der Waals surface area contributed by atoms with Crippen LogP contribution in [0.1, 0.15) is 24.9 Å². The second-order valence-electron chi connectivity index (χ2n) is 4.81. The Hall–Kier alpha value is -2.19. The maximum atomic E-state index is 14.1. The van der Waals surface area contributed by atoms with Crippen molar-refractivity contribution in [3.05, 3.63) is 23.5 Å². The average Bonchev–Trinajstić information content (AvgIpc) is 2.80. The molecule has 5 nitrogen and oxygen atoms in total. The van der Waals surface area contributed by atoms with Crippen LogP contribution in [0.4, 0.5) is 23.2 Å². The summed E-state index contributed by atoms with van der Waals surface area (Å²) in [6, 6.07) is 1.66. The van der Waals surface area contributed by atoms with Gasteiger partial charge in [-0.15, -0.1) is 5.10 Å². The highest BCUT2D eigenvalue weighted by atomic mass is 19.4. The molecule has 0 fully saturated rings. The predicted molar refractivity (Wildman–Crippen MR) is 67.7 cm³/mol. The fourth-order valence-corrected chi connectivity index (χ4v) is 2.05. The summed E-state index contributed by atoms with van der Waals surface area (Å²) in [5.41, 5.74) is 6.16. The molecule has 114 valence electrons. The number of hydrogen-bond donors (Lipinski definition) is 1. The summed E-state index contributed by atoms with van der Waals surface area (Å²) < 4.78 is 52.5. The standard InChI is InChI=1S/C12H13F4N5/c1-6-3-8(17)4-9(10(6)13)11-18-19-20-21(11)7(2)5-12(14,15)16/h3-4,7H,5,17H2,1-2H3. The Morgan fingerprint density at radius 3 is 2.62 bits per heavy atom. The Bertz CT molecular complexity index is 650. The van der Waals surface area contributed by atoms with Gasteiger partial charge in [0.2, 0.25) is 0 Å². The van der Waals surface area contributed by atoms with Crippen molar-refractivity contribution in [1.29, 1.82) is 0 Å². The number of nitrogens with zero attached hydrogens (tertiary/aromatic N) is 4. The largest absolute Gasteiger partial charge is 0.399 e. The zero-order chi connectivity index (χ0) is 15.8. The van der Waals surface area contributed by atoms with Gasteiger partial charge in [-0.2, -0.15) is 13.2 Å². The molecule has 0 spiro atoms. The molecule has 0 amide bonds. The first-order valence-corrected chi connectivity index (χ1v) is 6.09. The number of hydrogen-bond acceptors (Lipinski definition) is 4. The number of alkyl halides is 3. The smallest absolute Gasteiger partial charge is 0.391 e. The van der Waals surface area contributed by atoms with Gasteiger partial charge in [0, 0.05) is 5.69 Å². The second-order valence-corrected chi connectivity index (χ2v) is 4.81. The lowest BCUT2D eigenvalue weighted by Crippen LogP contribution is -2.18. The van der Waals surface area contributed by atoms with Gasteiger partial charge < -0.3 is 5.73 Å². The predicted octanol–water partition coefficient (Wildman–Crippen LogP) is 2.88. The van der Waals surface area contributed by atoms with Crippen LogP contribution in [-0.2, 0) is 0 Å². The SMILES string of the molecule is Cc1cc(N)cc(-c2nnnn2C(C)CC(F)(F)F)c1F. The number of nitrogen functional groups attached to an aromatic ring is 1. The molecule has 0 saturated heterocycles. The molecular formula is C12H13F4N5. The molecule has 2 aromatic rings. The van der Waals surface area contributed by atoms with Crippen LogP contribution in [0, 0.1) is 12.7 Å². The van der Waals surface area contributed by atoms with Gasteiger partial charge in [0.15, 0.2) is 5.82 Å². The van der Waals surface area contributed by atoms with E-state index in [9.17, 15) is 17.6 Å². The Morgan fingerprint density at radius 2 is 2.00 bits per heavy atom. The minimum atomic E-state index is -4.37. The Morgan fingerprint density at radius 1 is 1.33 bits per heavy atom. The van der Waals surface area contributed by atoms with Crippen LogP contribution in [0.25, 0.3) is 11.4 Å². The maximum Gasteiger partial charge on any atom is 0.391 e. The van der Waals surface area contributed by atoms with Crippen molar-refractivity contribution in [2.24, 2.45) is 0 Å². The van der Waals surface area contributed by atoms with Crippen LogP contribution in [0.3, 0.4) is 0 Å². The number of nitrogens with two attached hydrogens (primary N) is 1. The minimum Gasteiger partial charge on any atom is -0.399 e. The van der Waals surface area contributed by atoms with Crippen LogP contribution < -0.4 is 5.73 Å². The molecule has 0 radical (unpaired) electrons. The number of aryl methyl sites for hydroxylation is 1. The molecule has 1 atom stereocenters. The molecular weight excluding hydrogens is 290 g/mol. The molecule has 0 saturated carbocycles. The van der Waals surface area contributed by atoms with E-state index in [0.29, 0.717) is 0 Å². The zero-order valence-electron chi connectivity index (χ0n) is 11.3. The third kappa shape index (κ3) is 3.29. The highest BCUT2D eigenvalue weighted by Crippen LogP contribution is 2.31. The first-order chi connectivity index (χ1) is 9.69. The summed E-state index contributed by atoms with van der Waals surface area (Å²) in [5.74, 6) is -0.695. The quantitative estimate of drug-likeness (QED) is 0.699. The van der Waals surface area contributed by atoms with E-state index in [4.69, 9.17) is 5.73 Å². The van der Waals surface area contributed by atoms with E-state index < -0.39 is 24.5 Å². The van der Waals surface area contributed by atoms with Crippen LogP contribution in [0.15, 0.2) is 12.1 Å². The van der Waals surface area contributed by atoms with Crippen molar-refractivity contribution in [2.75, 3.05) is 5.73 Å². The third-order valence-electron chi connectivity index (χ3n) is 2.95. The summed E-state index contributed by atoms with van der Waals surface area (Å²) >= 11 is 0. The summed E-state index contributed by atoms with van der Waals surface area (Å²) in [4.78, 5) is 0. The lowest BCUT2D eigenvalue weighted by molar-refractivity contribution is -0.142. The number of anilines is 1. The third-order valence-corrected chi connectivity index (χ3v) is 2.95. The highest BCUT2D eigenvalue weighted by molar-refractivity contribution is 5.63. The van der Waals surface area contributed by atoms with Crippen LogP contribution in [0.5, 0.6) is 0 Å². The van der Waals surface area contributed by atoms with Gasteiger partial charge in [-0.25, -0.2) is 9.07 Å². The summed E-state index contributed by atoms with van der Waals surface area (Å²) in [6.45, 7) is 2.81. The molecule has 1 heterocycles. The first-order valence-electron chi connectivity index (χ1n) is 6.09. The summed E-state index contributed by atoms with van der Waals surface area (Å²) in [5, 5.41) is 10.5. The lowest BCUT2D eigenvalue weighted by atomic mass is 10.1. The van der Waals surface area contributed by atoms with Gasteiger partial charge in [-0.1, -0.05) is 0 Å². The fraction of sp³-hybridized carbons (Fsp3) is 0.417. The van der Waals surface area contributed by atoms with E-state index in [2.05, 4.69) is 15.5 Å². The van der Waals surface area contributed by atoms with Crippen LogP contribution in [-0.4, -0.2) is 26.4 Å². The molecule has 0 aliphatic carbocycles. The van der Waals surface area contributed by atoms with Gasteiger partial charge in [-0.05, 0) is 42.0 Å². The number of halogens is 4. The summed E-state index contributed by atoms with van der Waals surface area (Å²) in [7, 11) is 0. The molecule has 9 heteroatoms. The van der Waals surface area contributed by atoms with E-state index in [1.165, 1.54) is 26.0 Å². The second kappa shape index (κ2) is 5.30. The fourth-order valence-electron chi connectivity index (χ4n) is 2.05. The highest BCUT2D eigenvalue weighted by Gasteiger charge is 2.32. The molecule has 0 aliphatic rings. The molecule has 2 rings (SSSR count). The van der Waals surface area contributed by atoms with Gasteiger partial charge in [0.1, 0.15) is 5.82 Å². The average molecular weight is 303 g/mol. The van der Waals surface area contributed by atoms with Gasteiger partial charge >= 0.3 is 6.18 Å². The van der Waals surface area contributed by atoms with Crippen molar-refractivity contribution in [1.82, 2.24) is 20.2 Å². The molecule has 0 aliphatic heterocycles. The van der Waals surface area contributed by atoms with Crippen molar-refractivity contribution in [3.8, 4) is 11.4 Å². The molecule has 0 bridgehead atoms. The number of tetrazole rings is 1. The first kappa shape index (κ1) is 15.2. The number of aromatic nitrogens is 4. The molecule has 1 aromatic heterocycles. The summed E-state index contributed by atoms with van der Waals surface area (Å²) in [6.07, 6.45) is -5.49. The van der Waals surface area contributed by atoms with E-state index in [1.54, 1.807) is 0 Å². The minimum absolute atomic E-state index is 0.0217. The Labute approximate surface area is 117 Å². The van der Waals surface area contributed by atoms with Gasteiger partial charge in [-0.3, -0.25) is 0 Å². The van der Waals surface area contributed by atoms with Crippen LogP contribution in [0.2, 0.25) is 0 Å². The molecule has 1 aromatic carbocycles. The maximum absolute atomic E-state index is 14.1. The van der Waals surface area contributed by atoms with Crippen molar-refractivity contribution >= 4 is 5.69 Å². The van der Waals surface area contributed by atoms with Crippen molar-refractivity contribution in [3.63, 3.8) is 0 Å². The monoisotopic (exact) mass is 303 g/mol. The Kier molecular flexibility index (Phi) is 3.84. The lowest BCUT2D eigenvalue weighted by Gasteiger charge is -2.16.